The number of aliphatic hydroxyl groups is 1. The molecule has 0 saturated heterocycles. The number of carbonyl (C=O) groups excluding carboxylic acids is 1. The van der Waals surface area contributed by atoms with E-state index < -0.39 is 0 Å². The van der Waals surface area contributed by atoms with E-state index in [0.29, 0.717) is 49.6 Å². The monoisotopic (exact) mass is 321 g/mol. The van der Waals surface area contributed by atoms with E-state index in [9.17, 15) is 9.18 Å². The number of nitrogens with zero attached hydrogens (tertiary/aromatic N) is 3. The van der Waals surface area contributed by atoms with Gasteiger partial charge in [-0.15, -0.1) is 0 Å². The molecule has 0 aliphatic carbocycles. The maximum Gasteiger partial charge on any atom is 0.226 e. The van der Waals surface area contributed by atoms with Gasteiger partial charge in [0, 0.05) is 31.5 Å². The third-order valence-corrected chi connectivity index (χ3v) is 3.46. The fraction of sp³-hybridized carbons (Fsp3) is 0.438. The quantitative estimate of drug-likeness (QED) is 0.805. The summed E-state index contributed by atoms with van der Waals surface area (Å²) in [6.45, 7) is 2.77. The van der Waals surface area contributed by atoms with E-state index in [1.165, 1.54) is 12.1 Å². The summed E-state index contributed by atoms with van der Waals surface area (Å²) >= 11 is 0. The van der Waals surface area contributed by atoms with Crippen LogP contribution in [0.1, 0.15) is 25.7 Å². The lowest BCUT2D eigenvalue weighted by Gasteiger charge is -2.19. The molecule has 6 nitrogen and oxygen atoms in total. The summed E-state index contributed by atoms with van der Waals surface area (Å²) in [4.78, 5) is 17.8. The van der Waals surface area contributed by atoms with Gasteiger partial charge in [0.15, 0.2) is 0 Å². The van der Waals surface area contributed by atoms with Crippen LogP contribution in [0.5, 0.6) is 0 Å². The van der Waals surface area contributed by atoms with Crippen LogP contribution in [-0.4, -0.2) is 45.8 Å². The van der Waals surface area contributed by atoms with Gasteiger partial charge in [-0.1, -0.05) is 5.16 Å². The Morgan fingerprint density at radius 3 is 2.74 bits per heavy atom. The Hall–Kier alpha value is -2.28. The largest absolute Gasteiger partial charge is 0.395 e. The maximum absolute atomic E-state index is 12.9. The summed E-state index contributed by atoms with van der Waals surface area (Å²) in [5.41, 5.74) is 0.678. The molecule has 0 bridgehead atoms. The van der Waals surface area contributed by atoms with Crippen LogP contribution >= 0.6 is 0 Å². The molecule has 0 fully saturated rings. The highest BCUT2D eigenvalue weighted by molar-refractivity contribution is 5.76. The van der Waals surface area contributed by atoms with Gasteiger partial charge in [0.2, 0.25) is 17.6 Å². The predicted octanol–water partition coefficient (Wildman–Crippen LogP) is 2.04. The third-order valence-electron chi connectivity index (χ3n) is 3.46. The average Bonchev–Trinajstić information content (AvgIpc) is 3.02. The molecule has 1 aromatic heterocycles. The molecular weight excluding hydrogens is 301 g/mol. The molecule has 1 heterocycles. The Labute approximate surface area is 133 Å². The van der Waals surface area contributed by atoms with Gasteiger partial charge in [-0.3, -0.25) is 4.79 Å². The van der Waals surface area contributed by atoms with Gasteiger partial charge in [-0.05, 0) is 37.6 Å². The van der Waals surface area contributed by atoms with Gasteiger partial charge >= 0.3 is 0 Å². The minimum Gasteiger partial charge on any atom is -0.395 e. The highest BCUT2D eigenvalue weighted by Crippen LogP contribution is 2.17. The summed E-state index contributed by atoms with van der Waals surface area (Å²) in [6.07, 6.45) is 1.45. The Balaban J connectivity index is 1.85. The summed E-state index contributed by atoms with van der Waals surface area (Å²) in [5, 5.41) is 12.8. The van der Waals surface area contributed by atoms with Gasteiger partial charge in [0.25, 0.3) is 0 Å². The molecular formula is C16H20FN3O3. The van der Waals surface area contributed by atoms with Crippen LogP contribution in [0.3, 0.4) is 0 Å². The predicted molar refractivity (Wildman–Crippen MR) is 82.0 cm³/mol. The average molecular weight is 321 g/mol. The van der Waals surface area contributed by atoms with Crippen molar-refractivity contribution in [2.75, 3.05) is 19.7 Å². The molecule has 1 aromatic carbocycles. The summed E-state index contributed by atoms with van der Waals surface area (Å²) in [6, 6.07) is 5.85. The number of carbonyl (C=O) groups is 1. The second-order valence-corrected chi connectivity index (χ2v) is 5.07. The molecule has 2 aromatic rings. The molecule has 0 unspecified atom stereocenters. The van der Waals surface area contributed by atoms with Gasteiger partial charge in [0.05, 0.1) is 6.61 Å². The van der Waals surface area contributed by atoms with E-state index in [0.717, 1.165) is 0 Å². The molecule has 1 N–H and O–H groups in total. The first kappa shape index (κ1) is 17.1. The molecule has 0 aliphatic rings. The first-order valence-corrected chi connectivity index (χ1v) is 7.61. The minimum atomic E-state index is -0.320. The topological polar surface area (TPSA) is 79.5 Å². The van der Waals surface area contributed by atoms with Gasteiger partial charge < -0.3 is 14.5 Å². The van der Waals surface area contributed by atoms with Crippen molar-refractivity contribution >= 4 is 5.91 Å². The Morgan fingerprint density at radius 1 is 1.35 bits per heavy atom. The van der Waals surface area contributed by atoms with Crippen LogP contribution < -0.4 is 0 Å². The van der Waals surface area contributed by atoms with Crippen molar-refractivity contribution in [1.29, 1.82) is 0 Å². The zero-order valence-corrected chi connectivity index (χ0v) is 13.0. The van der Waals surface area contributed by atoms with E-state index in [-0.39, 0.29) is 18.3 Å². The van der Waals surface area contributed by atoms with Crippen LogP contribution in [0.2, 0.25) is 0 Å². The Kier molecular flexibility index (Phi) is 6.22. The maximum atomic E-state index is 12.9. The van der Waals surface area contributed by atoms with Crippen molar-refractivity contribution in [1.82, 2.24) is 15.0 Å². The van der Waals surface area contributed by atoms with E-state index in [1.807, 2.05) is 6.92 Å². The number of rotatable bonds is 8. The number of aryl methyl sites for hydroxylation is 1. The third kappa shape index (κ3) is 4.85. The smallest absolute Gasteiger partial charge is 0.226 e. The van der Waals surface area contributed by atoms with E-state index >= 15 is 0 Å². The number of likely N-dealkylation sites (N-methyl/N-ethyl adjacent to an activating group) is 1. The van der Waals surface area contributed by atoms with Crippen molar-refractivity contribution in [2.45, 2.75) is 26.2 Å². The van der Waals surface area contributed by atoms with Crippen LogP contribution in [0, 0.1) is 5.82 Å². The molecule has 124 valence electrons. The summed E-state index contributed by atoms with van der Waals surface area (Å²) < 4.78 is 18.0. The van der Waals surface area contributed by atoms with Crippen LogP contribution in [-0.2, 0) is 11.2 Å². The summed E-state index contributed by atoms with van der Waals surface area (Å²) in [5.74, 6) is 0.531. The van der Waals surface area contributed by atoms with Crippen LogP contribution in [0.4, 0.5) is 4.39 Å². The second kappa shape index (κ2) is 8.38. The van der Waals surface area contributed by atoms with Crippen LogP contribution in [0.15, 0.2) is 28.8 Å². The number of aromatic nitrogens is 2. The number of hydrogen-bond donors (Lipinski definition) is 1. The highest BCUT2D eigenvalue weighted by atomic mass is 19.1. The number of aliphatic hydroxyl groups excluding tert-OH is 1. The van der Waals surface area contributed by atoms with Gasteiger partial charge in [0.1, 0.15) is 5.82 Å². The van der Waals surface area contributed by atoms with Crippen molar-refractivity contribution in [3.63, 3.8) is 0 Å². The fourth-order valence-electron chi connectivity index (χ4n) is 2.20. The first-order chi connectivity index (χ1) is 11.1. The van der Waals surface area contributed by atoms with E-state index in [4.69, 9.17) is 9.63 Å². The SMILES string of the molecule is CCN(CCO)C(=O)CCCc1nc(-c2ccc(F)cc2)no1. The lowest BCUT2D eigenvalue weighted by molar-refractivity contribution is -0.131. The Morgan fingerprint density at radius 2 is 2.09 bits per heavy atom. The molecule has 2 rings (SSSR count). The Bertz CT molecular complexity index is 628. The van der Waals surface area contributed by atoms with Crippen molar-refractivity contribution in [2.24, 2.45) is 0 Å². The van der Waals surface area contributed by atoms with E-state index in [1.54, 1.807) is 17.0 Å². The standard InChI is InChI=1S/C16H20FN3O3/c1-2-20(10-11-21)15(22)5-3-4-14-18-16(19-23-14)12-6-8-13(17)9-7-12/h6-9,21H,2-5,10-11H2,1H3. The lowest BCUT2D eigenvalue weighted by atomic mass is 10.2. The molecule has 0 aliphatic heterocycles. The van der Waals surface area contributed by atoms with Crippen LogP contribution in [0.25, 0.3) is 11.4 Å². The van der Waals surface area contributed by atoms with Crippen molar-refractivity contribution in [3.8, 4) is 11.4 Å². The van der Waals surface area contributed by atoms with Crippen molar-refractivity contribution in [3.05, 3.63) is 36.0 Å². The number of hydrogen-bond acceptors (Lipinski definition) is 5. The summed E-state index contributed by atoms with van der Waals surface area (Å²) in [7, 11) is 0. The zero-order chi connectivity index (χ0) is 16.7. The molecule has 0 saturated carbocycles. The molecule has 0 radical (unpaired) electrons. The first-order valence-electron chi connectivity index (χ1n) is 7.61. The second-order valence-electron chi connectivity index (χ2n) is 5.07. The number of benzene rings is 1. The normalized spacial score (nSPS) is 10.7. The molecule has 0 atom stereocenters. The zero-order valence-electron chi connectivity index (χ0n) is 13.0. The lowest BCUT2D eigenvalue weighted by Crippen LogP contribution is -2.33. The van der Waals surface area contributed by atoms with Crippen molar-refractivity contribution < 1.29 is 18.8 Å². The fourth-order valence-corrected chi connectivity index (χ4v) is 2.20. The minimum absolute atomic E-state index is 0.000164. The molecule has 23 heavy (non-hydrogen) atoms. The molecule has 7 heteroatoms. The molecule has 0 spiro atoms. The van der Waals surface area contributed by atoms with E-state index in [2.05, 4.69) is 10.1 Å². The van der Waals surface area contributed by atoms with Gasteiger partial charge in [-0.25, -0.2) is 4.39 Å². The highest BCUT2D eigenvalue weighted by Gasteiger charge is 2.13. The number of halogens is 1. The van der Waals surface area contributed by atoms with Gasteiger partial charge in [-0.2, -0.15) is 4.98 Å². The number of amides is 1. The molecule has 1 amide bonds.